The second kappa shape index (κ2) is 5.24. The number of anilines is 1. The summed E-state index contributed by atoms with van der Waals surface area (Å²) >= 11 is 0. The molecule has 0 saturated carbocycles. The Hall–Kier alpha value is -1.71. The predicted octanol–water partition coefficient (Wildman–Crippen LogP) is 1.49. The van der Waals surface area contributed by atoms with Crippen molar-refractivity contribution in [3.05, 3.63) is 23.8 Å². The molecule has 82 valence electrons. The lowest BCUT2D eigenvalue weighted by molar-refractivity contribution is 0.0955. The van der Waals surface area contributed by atoms with Crippen LogP contribution in [0.5, 0.6) is 5.75 Å². The van der Waals surface area contributed by atoms with Gasteiger partial charge in [-0.25, -0.2) is 0 Å². The SMILES string of the molecule is CCNC(=O)c1ccc(NC)c(OC)c1. The van der Waals surface area contributed by atoms with Crippen LogP contribution in [0.3, 0.4) is 0 Å². The third-order valence-corrected chi connectivity index (χ3v) is 2.07. The van der Waals surface area contributed by atoms with Gasteiger partial charge in [0.15, 0.2) is 0 Å². The van der Waals surface area contributed by atoms with Gasteiger partial charge in [0, 0.05) is 19.2 Å². The predicted molar refractivity (Wildman–Crippen MR) is 60.5 cm³/mol. The average molecular weight is 208 g/mol. The van der Waals surface area contributed by atoms with Crippen molar-refractivity contribution in [2.75, 3.05) is 26.0 Å². The largest absolute Gasteiger partial charge is 0.495 e. The van der Waals surface area contributed by atoms with E-state index in [9.17, 15) is 4.79 Å². The van der Waals surface area contributed by atoms with Gasteiger partial charge in [-0.15, -0.1) is 0 Å². The molecule has 0 saturated heterocycles. The third-order valence-electron chi connectivity index (χ3n) is 2.07. The first kappa shape index (κ1) is 11.4. The van der Waals surface area contributed by atoms with Gasteiger partial charge in [-0.3, -0.25) is 4.79 Å². The molecule has 0 radical (unpaired) electrons. The van der Waals surface area contributed by atoms with Crippen molar-refractivity contribution in [1.29, 1.82) is 0 Å². The molecule has 1 amide bonds. The molecule has 0 aliphatic rings. The molecule has 0 atom stereocenters. The number of ether oxygens (including phenoxy) is 1. The van der Waals surface area contributed by atoms with E-state index in [0.29, 0.717) is 17.9 Å². The van der Waals surface area contributed by atoms with Gasteiger partial charge in [-0.1, -0.05) is 0 Å². The lowest BCUT2D eigenvalue weighted by Gasteiger charge is -2.09. The van der Waals surface area contributed by atoms with Crippen LogP contribution in [-0.4, -0.2) is 26.6 Å². The lowest BCUT2D eigenvalue weighted by Crippen LogP contribution is -2.22. The minimum absolute atomic E-state index is 0.0848. The second-order valence-corrected chi connectivity index (χ2v) is 3.02. The van der Waals surface area contributed by atoms with Crippen molar-refractivity contribution in [3.8, 4) is 5.75 Å². The molecule has 1 aromatic rings. The Labute approximate surface area is 89.6 Å². The minimum Gasteiger partial charge on any atom is -0.495 e. The molecule has 4 heteroatoms. The second-order valence-electron chi connectivity index (χ2n) is 3.02. The van der Waals surface area contributed by atoms with E-state index in [-0.39, 0.29) is 5.91 Å². The molecule has 0 aromatic heterocycles. The standard InChI is InChI=1S/C11H16N2O2/c1-4-13-11(14)8-5-6-9(12-2)10(7-8)15-3/h5-7,12H,4H2,1-3H3,(H,13,14). The van der Waals surface area contributed by atoms with Crippen molar-refractivity contribution in [2.45, 2.75) is 6.92 Å². The highest BCUT2D eigenvalue weighted by atomic mass is 16.5. The molecule has 0 heterocycles. The van der Waals surface area contributed by atoms with Gasteiger partial charge in [0.05, 0.1) is 12.8 Å². The zero-order valence-electron chi connectivity index (χ0n) is 9.26. The van der Waals surface area contributed by atoms with Crippen LogP contribution in [-0.2, 0) is 0 Å². The summed E-state index contributed by atoms with van der Waals surface area (Å²) in [7, 11) is 3.39. The number of hydrogen-bond acceptors (Lipinski definition) is 3. The highest BCUT2D eigenvalue weighted by Crippen LogP contribution is 2.24. The van der Waals surface area contributed by atoms with Crippen LogP contribution in [0.25, 0.3) is 0 Å². The normalized spacial score (nSPS) is 9.53. The molecular weight excluding hydrogens is 192 g/mol. The summed E-state index contributed by atoms with van der Waals surface area (Å²) in [6.07, 6.45) is 0. The summed E-state index contributed by atoms with van der Waals surface area (Å²) in [5.74, 6) is 0.583. The van der Waals surface area contributed by atoms with Crippen molar-refractivity contribution in [2.24, 2.45) is 0 Å². The fourth-order valence-electron chi connectivity index (χ4n) is 1.30. The maximum atomic E-state index is 11.5. The van der Waals surface area contributed by atoms with E-state index >= 15 is 0 Å². The number of amides is 1. The fraction of sp³-hybridized carbons (Fsp3) is 0.364. The zero-order chi connectivity index (χ0) is 11.3. The molecule has 15 heavy (non-hydrogen) atoms. The van der Waals surface area contributed by atoms with Crippen LogP contribution in [0.2, 0.25) is 0 Å². The highest BCUT2D eigenvalue weighted by molar-refractivity contribution is 5.95. The lowest BCUT2D eigenvalue weighted by atomic mass is 10.1. The van der Waals surface area contributed by atoms with Crippen molar-refractivity contribution >= 4 is 11.6 Å². The molecule has 0 unspecified atom stereocenters. The number of nitrogens with one attached hydrogen (secondary N) is 2. The molecular formula is C11H16N2O2. The molecule has 4 nitrogen and oxygen atoms in total. The zero-order valence-corrected chi connectivity index (χ0v) is 9.26. The summed E-state index contributed by atoms with van der Waals surface area (Å²) in [5.41, 5.74) is 1.47. The van der Waals surface area contributed by atoms with Gasteiger partial charge in [-0.05, 0) is 25.1 Å². The molecule has 0 bridgehead atoms. The van der Waals surface area contributed by atoms with Gasteiger partial charge in [0.2, 0.25) is 0 Å². The van der Waals surface area contributed by atoms with Crippen LogP contribution in [0, 0.1) is 0 Å². The highest BCUT2D eigenvalue weighted by Gasteiger charge is 2.08. The van der Waals surface area contributed by atoms with Crippen LogP contribution in [0.15, 0.2) is 18.2 Å². The van der Waals surface area contributed by atoms with E-state index < -0.39 is 0 Å². The van der Waals surface area contributed by atoms with E-state index in [1.165, 1.54) is 0 Å². The molecule has 0 aliphatic carbocycles. The number of benzene rings is 1. The maximum Gasteiger partial charge on any atom is 0.251 e. The summed E-state index contributed by atoms with van der Waals surface area (Å²) in [6.45, 7) is 2.51. The van der Waals surface area contributed by atoms with E-state index in [2.05, 4.69) is 10.6 Å². The van der Waals surface area contributed by atoms with E-state index in [0.717, 1.165) is 5.69 Å². The molecule has 0 fully saturated rings. The van der Waals surface area contributed by atoms with Gasteiger partial charge in [-0.2, -0.15) is 0 Å². The Kier molecular flexibility index (Phi) is 3.97. The van der Waals surface area contributed by atoms with Crippen LogP contribution < -0.4 is 15.4 Å². The van der Waals surface area contributed by atoms with E-state index in [1.54, 1.807) is 19.2 Å². The monoisotopic (exact) mass is 208 g/mol. The van der Waals surface area contributed by atoms with Crippen molar-refractivity contribution < 1.29 is 9.53 Å². The Bertz CT molecular complexity index is 350. The van der Waals surface area contributed by atoms with Gasteiger partial charge in [0.25, 0.3) is 5.91 Å². The average Bonchev–Trinajstić information content (AvgIpc) is 2.28. The van der Waals surface area contributed by atoms with E-state index in [4.69, 9.17) is 4.74 Å². The van der Waals surface area contributed by atoms with Crippen LogP contribution in [0.1, 0.15) is 17.3 Å². The summed E-state index contributed by atoms with van der Waals surface area (Å²) < 4.78 is 5.16. The molecule has 0 spiro atoms. The fourth-order valence-corrected chi connectivity index (χ4v) is 1.30. The first-order valence-corrected chi connectivity index (χ1v) is 4.87. The number of methoxy groups -OCH3 is 1. The minimum atomic E-state index is -0.0848. The first-order valence-electron chi connectivity index (χ1n) is 4.87. The van der Waals surface area contributed by atoms with Gasteiger partial charge < -0.3 is 15.4 Å². The molecule has 1 rings (SSSR count). The maximum absolute atomic E-state index is 11.5. The number of hydrogen-bond donors (Lipinski definition) is 2. The van der Waals surface area contributed by atoms with Crippen LogP contribution in [0.4, 0.5) is 5.69 Å². The topological polar surface area (TPSA) is 50.4 Å². The summed E-state index contributed by atoms with van der Waals surface area (Å²) in [5, 5.41) is 5.72. The number of carbonyl (C=O) groups excluding carboxylic acids is 1. The van der Waals surface area contributed by atoms with Gasteiger partial charge >= 0.3 is 0 Å². The smallest absolute Gasteiger partial charge is 0.251 e. The van der Waals surface area contributed by atoms with E-state index in [1.807, 2.05) is 20.0 Å². The Morgan fingerprint density at radius 1 is 1.47 bits per heavy atom. The Balaban J connectivity index is 2.97. The molecule has 1 aromatic carbocycles. The summed E-state index contributed by atoms with van der Waals surface area (Å²) in [4.78, 5) is 11.5. The van der Waals surface area contributed by atoms with Crippen molar-refractivity contribution in [3.63, 3.8) is 0 Å². The Morgan fingerprint density at radius 3 is 2.73 bits per heavy atom. The van der Waals surface area contributed by atoms with Gasteiger partial charge in [0.1, 0.15) is 5.75 Å². The molecule has 0 aliphatic heterocycles. The number of rotatable bonds is 4. The first-order chi connectivity index (χ1) is 7.22. The Morgan fingerprint density at radius 2 is 2.20 bits per heavy atom. The third kappa shape index (κ3) is 2.62. The quantitative estimate of drug-likeness (QED) is 0.788. The molecule has 2 N–H and O–H groups in total. The van der Waals surface area contributed by atoms with Crippen LogP contribution >= 0.6 is 0 Å². The summed E-state index contributed by atoms with van der Waals surface area (Å²) in [6, 6.07) is 5.31. The van der Waals surface area contributed by atoms with Crippen molar-refractivity contribution in [1.82, 2.24) is 5.32 Å². The number of carbonyl (C=O) groups is 1.